The predicted octanol–water partition coefficient (Wildman–Crippen LogP) is 1.14. The van der Waals surface area contributed by atoms with Crippen LogP contribution in [0.3, 0.4) is 0 Å². The number of aromatic nitrogens is 1. The van der Waals surface area contributed by atoms with Crippen molar-refractivity contribution in [3.05, 3.63) is 18.0 Å². The van der Waals surface area contributed by atoms with E-state index in [4.69, 9.17) is 4.74 Å². The van der Waals surface area contributed by atoms with Crippen LogP contribution in [0.4, 0.5) is 5.69 Å². The van der Waals surface area contributed by atoms with E-state index in [2.05, 4.69) is 10.6 Å². The largest absolute Gasteiger partial charge is 0.461 e. The molecule has 1 rings (SSSR count). The quantitative estimate of drug-likeness (QED) is 0.574. The molecule has 1 aromatic heterocycles. The summed E-state index contributed by atoms with van der Waals surface area (Å²) in [5.41, 5.74) is 1.03. The first kappa shape index (κ1) is 15.2. The van der Waals surface area contributed by atoms with Crippen LogP contribution in [0.5, 0.6) is 0 Å². The molecule has 2 N–H and O–H groups in total. The number of amides is 1. The summed E-state index contributed by atoms with van der Waals surface area (Å²) >= 11 is 0. The molecule has 0 aliphatic rings. The van der Waals surface area contributed by atoms with Gasteiger partial charge in [-0.3, -0.25) is 4.79 Å². The Hall–Kier alpha value is -1.82. The van der Waals surface area contributed by atoms with Gasteiger partial charge in [0.2, 0.25) is 5.91 Å². The monoisotopic (exact) mass is 267 g/mol. The molecule has 0 aromatic carbocycles. The van der Waals surface area contributed by atoms with Crippen LogP contribution in [0.1, 0.15) is 30.3 Å². The van der Waals surface area contributed by atoms with Crippen LogP contribution < -0.4 is 10.6 Å². The van der Waals surface area contributed by atoms with E-state index in [1.807, 2.05) is 7.05 Å². The SMILES string of the molecule is CCOC(=O)c1cc(NC(=O)CCCNC)cn1C. The van der Waals surface area contributed by atoms with E-state index in [-0.39, 0.29) is 11.9 Å². The molecule has 0 saturated carbocycles. The minimum atomic E-state index is -0.388. The second-order valence-corrected chi connectivity index (χ2v) is 4.20. The summed E-state index contributed by atoms with van der Waals surface area (Å²) in [6.07, 6.45) is 2.92. The highest BCUT2D eigenvalue weighted by molar-refractivity contribution is 5.94. The lowest BCUT2D eigenvalue weighted by Crippen LogP contribution is -2.14. The molecule has 0 fully saturated rings. The first-order valence-corrected chi connectivity index (χ1v) is 6.36. The average molecular weight is 267 g/mol. The number of rotatable bonds is 7. The zero-order valence-corrected chi connectivity index (χ0v) is 11.7. The molecule has 0 radical (unpaired) electrons. The number of nitrogens with one attached hydrogen (secondary N) is 2. The molecule has 6 heteroatoms. The van der Waals surface area contributed by atoms with Crippen LogP contribution in [0, 0.1) is 0 Å². The molecule has 0 saturated heterocycles. The lowest BCUT2D eigenvalue weighted by atomic mass is 10.3. The van der Waals surface area contributed by atoms with Gasteiger partial charge in [-0.1, -0.05) is 0 Å². The zero-order valence-electron chi connectivity index (χ0n) is 11.7. The lowest BCUT2D eigenvalue weighted by molar-refractivity contribution is -0.116. The Labute approximate surface area is 113 Å². The van der Waals surface area contributed by atoms with Gasteiger partial charge in [-0.2, -0.15) is 0 Å². The van der Waals surface area contributed by atoms with Gasteiger partial charge < -0.3 is 19.9 Å². The molecule has 19 heavy (non-hydrogen) atoms. The molecule has 1 aromatic rings. The smallest absolute Gasteiger partial charge is 0.355 e. The molecule has 6 nitrogen and oxygen atoms in total. The van der Waals surface area contributed by atoms with Crippen molar-refractivity contribution in [1.82, 2.24) is 9.88 Å². The maximum Gasteiger partial charge on any atom is 0.355 e. The number of carbonyl (C=O) groups is 2. The Kier molecular flexibility index (Phi) is 6.08. The van der Waals surface area contributed by atoms with Crippen LogP contribution in [0.2, 0.25) is 0 Å². The Morgan fingerprint density at radius 1 is 1.42 bits per heavy atom. The van der Waals surface area contributed by atoms with E-state index < -0.39 is 0 Å². The molecule has 106 valence electrons. The fourth-order valence-electron chi connectivity index (χ4n) is 1.69. The molecular weight excluding hydrogens is 246 g/mol. The molecule has 0 unspecified atom stereocenters. The van der Waals surface area contributed by atoms with Gasteiger partial charge in [0.05, 0.1) is 12.3 Å². The Bertz CT molecular complexity index is 440. The fraction of sp³-hybridized carbons (Fsp3) is 0.538. The first-order valence-electron chi connectivity index (χ1n) is 6.36. The third-order valence-electron chi connectivity index (χ3n) is 2.60. The molecule has 1 amide bonds. The highest BCUT2D eigenvalue weighted by Crippen LogP contribution is 2.14. The van der Waals surface area contributed by atoms with Crippen molar-refractivity contribution < 1.29 is 14.3 Å². The fourth-order valence-corrected chi connectivity index (χ4v) is 1.69. The number of hydrogen-bond donors (Lipinski definition) is 2. The second kappa shape index (κ2) is 7.58. The first-order chi connectivity index (χ1) is 9.08. The van der Waals surface area contributed by atoms with Gasteiger partial charge in [0, 0.05) is 19.7 Å². The van der Waals surface area contributed by atoms with Crippen LogP contribution in [0.15, 0.2) is 12.3 Å². The average Bonchev–Trinajstić information content (AvgIpc) is 2.71. The molecule has 0 aliphatic carbocycles. The molecule has 1 heterocycles. The van der Waals surface area contributed by atoms with Crippen molar-refractivity contribution in [2.24, 2.45) is 7.05 Å². The van der Waals surface area contributed by atoms with Gasteiger partial charge >= 0.3 is 5.97 Å². The van der Waals surface area contributed by atoms with Gasteiger partial charge in [-0.05, 0) is 33.0 Å². The maximum atomic E-state index is 11.6. The van der Waals surface area contributed by atoms with Crippen molar-refractivity contribution in [1.29, 1.82) is 0 Å². The summed E-state index contributed by atoms with van der Waals surface area (Å²) in [6, 6.07) is 1.62. The number of anilines is 1. The van der Waals surface area contributed by atoms with E-state index in [1.54, 1.807) is 30.8 Å². The van der Waals surface area contributed by atoms with E-state index >= 15 is 0 Å². The third-order valence-corrected chi connectivity index (χ3v) is 2.60. The summed E-state index contributed by atoms with van der Waals surface area (Å²) in [4.78, 5) is 23.3. The molecule has 0 spiro atoms. The number of aryl methyl sites for hydroxylation is 1. The van der Waals surface area contributed by atoms with Crippen LogP contribution in [-0.2, 0) is 16.6 Å². The topological polar surface area (TPSA) is 72.4 Å². The predicted molar refractivity (Wildman–Crippen MR) is 73.2 cm³/mol. The summed E-state index contributed by atoms with van der Waals surface area (Å²) in [7, 11) is 3.59. The van der Waals surface area contributed by atoms with Gasteiger partial charge in [0.15, 0.2) is 0 Å². The highest BCUT2D eigenvalue weighted by Gasteiger charge is 2.13. The summed E-state index contributed by atoms with van der Waals surface area (Å²) in [5, 5.41) is 5.75. The van der Waals surface area contributed by atoms with Gasteiger partial charge in [0.1, 0.15) is 5.69 Å². The molecule has 0 aliphatic heterocycles. The second-order valence-electron chi connectivity index (χ2n) is 4.20. The van der Waals surface area contributed by atoms with E-state index in [0.29, 0.717) is 24.4 Å². The zero-order chi connectivity index (χ0) is 14.3. The normalized spacial score (nSPS) is 10.3. The highest BCUT2D eigenvalue weighted by atomic mass is 16.5. The van der Waals surface area contributed by atoms with Crippen LogP contribution in [-0.4, -0.2) is 36.6 Å². The van der Waals surface area contributed by atoms with Crippen LogP contribution >= 0.6 is 0 Å². The van der Waals surface area contributed by atoms with Crippen molar-refractivity contribution in [3.8, 4) is 0 Å². The van der Waals surface area contributed by atoms with Gasteiger partial charge in [-0.25, -0.2) is 4.79 Å². The minimum absolute atomic E-state index is 0.0590. The number of carbonyl (C=O) groups excluding carboxylic acids is 2. The third kappa shape index (κ3) is 4.75. The Morgan fingerprint density at radius 2 is 2.16 bits per heavy atom. The summed E-state index contributed by atoms with van der Waals surface area (Å²) in [6.45, 7) is 2.89. The number of esters is 1. The van der Waals surface area contributed by atoms with E-state index in [1.165, 1.54) is 0 Å². The van der Waals surface area contributed by atoms with Crippen molar-refractivity contribution in [2.45, 2.75) is 19.8 Å². The number of nitrogens with zero attached hydrogens (tertiary/aromatic N) is 1. The summed E-state index contributed by atoms with van der Waals surface area (Å²) in [5.74, 6) is -0.447. The van der Waals surface area contributed by atoms with E-state index in [0.717, 1.165) is 13.0 Å². The lowest BCUT2D eigenvalue weighted by Gasteiger charge is -2.02. The molecular formula is C13H21N3O3. The van der Waals surface area contributed by atoms with Crippen LogP contribution in [0.25, 0.3) is 0 Å². The molecule has 0 bridgehead atoms. The summed E-state index contributed by atoms with van der Waals surface area (Å²) < 4.78 is 6.57. The van der Waals surface area contributed by atoms with Crippen molar-refractivity contribution in [2.75, 3.05) is 25.5 Å². The standard InChI is InChI=1S/C13H21N3O3/c1-4-19-13(18)11-8-10(9-16(11)3)15-12(17)6-5-7-14-2/h8-9,14H,4-7H2,1-3H3,(H,15,17). The number of ether oxygens (including phenoxy) is 1. The molecule has 0 atom stereocenters. The number of hydrogen-bond acceptors (Lipinski definition) is 4. The van der Waals surface area contributed by atoms with Crippen molar-refractivity contribution in [3.63, 3.8) is 0 Å². The maximum absolute atomic E-state index is 11.6. The van der Waals surface area contributed by atoms with Gasteiger partial charge in [-0.15, -0.1) is 0 Å². The minimum Gasteiger partial charge on any atom is -0.461 e. The van der Waals surface area contributed by atoms with Crippen molar-refractivity contribution >= 4 is 17.6 Å². The Morgan fingerprint density at radius 3 is 2.79 bits per heavy atom. The van der Waals surface area contributed by atoms with E-state index in [9.17, 15) is 9.59 Å². The van der Waals surface area contributed by atoms with Gasteiger partial charge in [0.25, 0.3) is 0 Å². The Balaban J connectivity index is 2.58.